The minimum absolute atomic E-state index is 0.228. The molecule has 170 valence electrons. The number of methoxy groups -OCH3 is 2. The predicted molar refractivity (Wildman–Crippen MR) is 130 cm³/mol. The van der Waals surface area contributed by atoms with Gasteiger partial charge in [0.05, 0.1) is 14.2 Å². The maximum Gasteiger partial charge on any atom is 0.257 e. The molecule has 4 aromatic rings. The summed E-state index contributed by atoms with van der Waals surface area (Å²) in [5, 5.41) is 19.7. The second-order valence-electron chi connectivity index (χ2n) is 7.01. The Kier molecular flexibility index (Phi) is 6.80. The van der Waals surface area contributed by atoms with Crippen LogP contribution in [0.15, 0.2) is 42.5 Å². The first-order chi connectivity index (χ1) is 16.0. The quantitative estimate of drug-likeness (QED) is 0.387. The largest absolute Gasteiger partial charge is 0.497 e. The van der Waals surface area contributed by atoms with E-state index in [-0.39, 0.29) is 11.0 Å². The van der Waals surface area contributed by atoms with Crippen molar-refractivity contribution in [3.63, 3.8) is 0 Å². The number of hydrogen-bond acceptors (Lipinski definition) is 8. The molecule has 0 bridgehead atoms. The molecule has 0 radical (unpaired) electrons. The van der Waals surface area contributed by atoms with Crippen molar-refractivity contribution in [2.75, 3.05) is 14.2 Å². The standard InChI is InChI=1S/C22H22N6O3S2/c1-4-18-25-26-22-28(18)27-20(33-22)14-7-5-13(6-8-14)12-23-21(32)24-19(29)15-9-16(30-2)11-17(10-15)31-3/h5-11H,4,12H2,1-3H3,(H2,23,24,29,32). The summed E-state index contributed by atoms with van der Waals surface area (Å²) in [6.45, 7) is 2.49. The number of hydrogen-bond donors (Lipinski definition) is 2. The number of nitrogens with one attached hydrogen (secondary N) is 2. The van der Waals surface area contributed by atoms with Gasteiger partial charge >= 0.3 is 0 Å². The normalized spacial score (nSPS) is 10.8. The highest BCUT2D eigenvalue weighted by Crippen LogP contribution is 2.26. The Labute approximate surface area is 199 Å². The van der Waals surface area contributed by atoms with Crippen LogP contribution in [0.25, 0.3) is 15.5 Å². The van der Waals surface area contributed by atoms with Crippen molar-refractivity contribution in [1.29, 1.82) is 0 Å². The summed E-state index contributed by atoms with van der Waals surface area (Å²) in [6.07, 6.45) is 0.775. The third-order valence-electron chi connectivity index (χ3n) is 4.87. The van der Waals surface area contributed by atoms with Gasteiger partial charge in [0.1, 0.15) is 16.5 Å². The Bertz CT molecular complexity index is 1280. The summed E-state index contributed by atoms with van der Waals surface area (Å²) in [6, 6.07) is 12.9. The summed E-state index contributed by atoms with van der Waals surface area (Å²) in [5.41, 5.74) is 2.39. The van der Waals surface area contributed by atoms with Crippen molar-refractivity contribution < 1.29 is 14.3 Å². The lowest BCUT2D eigenvalue weighted by Gasteiger charge is -2.11. The van der Waals surface area contributed by atoms with Crippen LogP contribution in [0.4, 0.5) is 0 Å². The summed E-state index contributed by atoms with van der Waals surface area (Å²) in [5.74, 6) is 1.54. The lowest BCUT2D eigenvalue weighted by atomic mass is 10.1. The third kappa shape index (κ3) is 5.10. The molecule has 2 aromatic heterocycles. The molecule has 0 fully saturated rings. The molecule has 0 spiro atoms. The number of aryl methyl sites for hydroxylation is 1. The molecule has 2 heterocycles. The van der Waals surface area contributed by atoms with E-state index in [2.05, 4.69) is 25.9 Å². The molecule has 0 aliphatic rings. The fraction of sp³-hybridized carbons (Fsp3) is 0.227. The number of aromatic nitrogens is 4. The van der Waals surface area contributed by atoms with Gasteiger partial charge in [-0.3, -0.25) is 10.1 Å². The first-order valence-electron chi connectivity index (χ1n) is 10.1. The molecule has 33 heavy (non-hydrogen) atoms. The van der Waals surface area contributed by atoms with Gasteiger partial charge in [-0.1, -0.05) is 42.5 Å². The molecule has 9 nitrogen and oxygen atoms in total. The lowest BCUT2D eigenvalue weighted by molar-refractivity contribution is 0.0976. The van der Waals surface area contributed by atoms with Gasteiger partial charge in [-0.05, 0) is 29.9 Å². The van der Waals surface area contributed by atoms with Crippen molar-refractivity contribution >= 4 is 39.5 Å². The van der Waals surface area contributed by atoms with E-state index in [1.54, 1.807) is 22.7 Å². The summed E-state index contributed by atoms with van der Waals surface area (Å²) >= 11 is 6.77. The van der Waals surface area contributed by atoms with Crippen LogP contribution in [0.1, 0.15) is 28.7 Å². The van der Waals surface area contributed by atoms with Crippen molar-refractivity contribution in [1.82, 2.24) is 30.4 Å². The van der Waals surface area contributed by atoms with Crippen LogP contribution in [0.3, 0.4) is 0 Å². The third-order valence-corrected chi connectivity index (χ3v) is 6.06. The lowest BCUT2D eigenvalue weighted by Crippen LogP contribution is -2.38. The van der Waals surface area contributed by atoms with E-state index in [0.717, 1.165) is 33.3 Å². The van der Waals surface area contributed by atoms with Gasteiger partial charge in [-0.2, -0.15) is 9.61 Å². The highest BCUT2D eigenvalue weighted by atomic mass is 32.1. The highest BCUT2D eigenvalue weighted by Gasteiger charge is 2.13. The number of amides is 1. The van der Waals surface area contributed by atoms with E-state index in [1.807, 2.05) is 31.2 Å². The Morgan fingerprint density at radius 1 is 1.09 bits per heavy atom. The molecule has 0 aliphatic carbocycles. The molecule has 2 N–H and O–H groups in total. The second-order valence-corrected chi connectivity index (χ2v) is 8.37. The first-order valence-corrected chi connectivity index (χ1v) is 11.4. The van der Waals surface area contributed by atoms with Gasteiger partial charge < -0.3 is 14.8 Å². The molecule has 0 atom stereocenters. The molecule has 2 aromatic carbocycles. The molecule has 11 heteroatoms. The van der Waals surface area contributed by atoms with Crippen LogP contribution in [-0.4, -0.2) is 45.1 Å². The van der Waals surface area contributed by atoms with Crippen LogP contribution in [0.5, 0.6) is 11.5 Å². The van der Waals surface area contributed by atoms with E-state index in [9.17, 15) is 4.79 Å². The van der Waals surface area contributed by atoms with Gasteiger partial charge in [0, 0.05) is 30.2 Å². The summed E-state index contributed by atoms with van der Waals surface area (Å²) in [4.78, 5) is 13.3. The SMILES string of the molecule is CCc1nnc2sc(-c3ccc(CNC(=S)NC(=O)c4cc(OC)cc(OC)c4)cc3)nn12. The van der Waals surface area contributed by atoms with Crippen molar-refractivity contribution in [2.45, 2.75) is 19.9 Å². The molecule has 4 rings (SSSR count). The topological polar surface area (TPSA) is 103 Å². The number of carbonyl (C=O) groups excluding carboxylic acids is 1. The maximum absolute atomic E-state index is 12.5. The molecule has 0 unspecified atom stereocenters. The summed E-state index contributed by atoms with van der Waals surface area (Å²) < 4.78 is 12.2. The number of ether oxygens (including phenoxy) is 2. The average molecular weight is 483 g/mol. The van der Waals surface area contributed by atoms with Crippen LogP contribution < -0.4 is 20.1 Å². The Balaban J connectivity index is 1.35. The van der Waals surface area contributed by atoms with Gasteiger partial charge in [-0.15, -0.1) is 10.2 Å². The van der Waals surface area contributed by atoms with Crippen LogP contribution in [0, 0.1) is 0 Å². The fourth-order valence-corrected chi connectivity index (χ4v) is 4.13. The minimum atomic E-state index is -0.352. The smallest absolute Gasteiger partial charge is 0.257 e. The van der Waals surface area contributed by atoms with E-state index < -0.39 is 0 Å². The number of benzene rings is 2. The van der Waals surface area contributed by atoms with Crippen LogP contribution >= 0.6 is 23.6 Å². The second kappa shape index (κ2) is 9.92. The number of carbonyl (C=O) groups is 1. The zero-order valence-corrected chi connectivity index (χ0v) is 19.9. The molecule has 0 saturated carbocycles. The van der Waals surface area contributed by atoms with Crippen molar-refractivity contribution in [3.05, 3.63) is 59.4 Å². The fourth-order valence-electron chi connectivity index (χ4n) is 3.10. The van der Waals surface area contributed by atoms with Gasteiger partial charge in [0.15, 0.2) is 10.9 Å². The van der Waals surface area contributed by atoms with Gasteiger partial charge in [-0.25, -0.2) is 0 Å². The minimum Gasteiger partial charge on any atom is -0.497 e. The number of thiocarbonyl (C=S) groups is 1. The Morgan fingerprint density at radius 2 is 1.79 bits per heavy atom. The highest BCUT2D eigenvalue weighted by molar-refractivity contribution is 7.80. The van der Waals surface area contributed by atoms with Crippen molar-refractivity contribution in [3.8, 4) is 22.1 Å². The molecule has 0 saturated heterocycles. The molecule has 1 amide bonds. The van der Waals surface area contributed by atoms with E-state index in [1.165, 1.54) is 25.6 Å². The molecule has 0 aliphatic heterocycles. The van der Waals surface area contributed by atoms with Gasteiger partial charge in [0.2, 0.25) is 4.96 Å². The van der Waals surface area contributed by atoms with E-state index in [4.69, 9.17) is 21.7 Å². The number of rotatable bonds is 7. The summed E-state index contributed by atoms with van der Waals surface area (Å²) in [7, 11) is 3.06. The molecular weight excluding hydrogens is 460 g/mol. The zero-order valence-electron chi connectivity index (χ0n) is 18.3. The van der Waals surface area contributed by atoms with Crippen molar-refractivity contribution in [2.24, 2.45) is 0 Å². The maximum atomic E-state index is 12.5. The predicted octanol–water partition coefficient (Wildman–Crippen LogP) is 3.24. The Morgan fingerprint density at radius 3 is 2.42 bits per heavy atom. The monoisotopic (exact) mass is 482 g/mol. The average Bonchev–Trinajstić information content (AvgIpc) is 3.43. The first kappa shape index (κ1) is 22.6. The van der Waals surface area contributed by atoms with Crippen LogP contribution in [-0.2, 0) is 13.0 Å². The molecular formula is C22H22N6O3S2. The number of nitrogens with zero attached hydrogens (tertiary/aromatic N) is 4. The Hall–Kier alpha value is -3.57. The van der Waals surface area contributed by atoms with Gasteiger partial charge in [0.25, 0.3) is 5.91 Å². The van der Waals surface area contributed by atoms with E-state index >= 15 is 0 Å². The number of fused-ring (bicyclic) bond motifs is 1. The van der Waals surface area contributed by atoms with E-state index in [0.29, 0.717) is 23.6 Å². The zero-order chi connectivity index (χ0) is 23.4. The van der Waals surface area contributed by atoms with Crippen LogP contribution in [0.2, 0.25) is 0 Å².